The number of carboxylic acids is 1. The molecule has 0 saturated carbocycles. The van der Waals surface area contributed by atoms with Gasteiger partial charge in [-0.25, -0.2) is 0 Å². The Morgan fingerprint density at radius 3 is 2.29 bits per heavy atom. The van der Waals surface area contributed by atoms with Crippen LogP contribution < -0.4 is 0 Å². The van der Waals surface area contributed by atoms with Gasteiger partial charge in [0.05, 0.1) is 5.92 Å². The molecule has 4 heteroatoms. The van der Waals surface area contributed by atoms with Crippen molar-refractivity contribution < 1.29 is 14.7 Å². The molecule has 1 fully saturated rings. The highest BCUT2D eigenvalue weighted by molar-refractivity contribution is 5.80. The largest absolute Gasteiger partial charge is 0.481 e. The number of carboxylic acid groups (broad SMARTS) is 1. The highest BCUT2D eigenvalue weighted by atomic mass is 16.4. The van der Waals surface area contributed by atoms with Crippen molar-refractivity contribution in [3.63, 3.8) is 0 Å². The fraction of sp³-hybridized carbons (Fsp3) is 0.846. The zero-order valence-corrected chi connectivity index (χ0v) is 10.8. The first-order valence-corrected chi connectivity index (χ1v) is 6.61. The molecule has 1 rings (SSSR count). The van der Waals surface area contributed by atoms with Gasteiger partial charge >= 0.3 is 5.97 Å². The predicted molar refractivity (Wildman–Crippen MR) is 65.6 cm³/mol. The van der Waals surface area contributed by atoms with E-state index in [4.69, 9.17) is 5.11 Å². The van der Waals surface area contributed by atoms with Gasteiger partial charge in [0.2, 0.25) is 5.91 Å². The van der Waals surface area contributed by atoms with Gasteiger partial charge in [-0.05, 0) is 19.3 Å². The highest BCUT2D eigenvalue weighted by Crippen LogP contribution is 2.22. The summed E-state index contributed by atoms with van der Waals surface area (Å²) < 4.78 is 0. The Hall–Kier alpha value is -1.06. The highest BCUT2D eigenvalue weighted by Gasteiger charge is 2.33. The van der Waals surface area contributed by atoms with Crippen LogP contribution in [0.2, 0.25) is 0 Å². The molecule has 0 aromatic carbocycles. The van der Waals surface area contributed by atoms with Crippen LogP contribution in [0.15, 0.2) is 0 Å². The average molecular weight is 241 g/mol. The van der Waals surface area contributed by atoms with Crippen molar-refractivity contribution in [3.8, 4) is 0 Å². The molecule has 17 heavy (non-hydrogen) atoms. The fourth-order valence-electron chi connectivity index (χ4n) is 2.51. The Labute approximate surface area is 103 Å². The number of carbonyl (C=O) groups is 2. The van der Waals surface area contributed by atoms with E-state index < -0.39 is 5.97 Å². The van der Waals surface area contributed by atoms with E-state index in [9.17, 15) is 9.59 Å². The van der Waals surface area contributed by atoms with Gasteiger partial charge in [0, 0.05) is 19.0 Å². The molecule has 0 aromatic heterocycles. The standard InChI is InChI=1S/C13H23NO3/c1-3-5-10(6-4-2)12(15)14-8-7-11(9-14)13(16)17/h10-11H,3-9H2,1-2H3,(H,16,17). The lowest BCUT2D eigenvalue weighted by Crippen LogP contribution is -2.35. The number of amides is 1. The van der Waals surface area contributed by atoms with E-state index in [1.165, 1.54) is 0 Å². The Morgan fingerprint density at radius 1 is 1.29 bits per heavy atom. The lowest BCUT2D eigenvalue weighted by molar-refractivity contribution is -0.141. The molecular weight excluding hydrogens is 218 g/mol. The summed E-state index contributed by atoms with van der Waals surface area (Å²) in [5.74, 6) is -0.874. The predicted octanol–water partition coefficient (Wildman–Crippen LogP) is 2.14. The number of nitrogens with zero attached hydrogens (tertiary/aromatic N) is 1. The van der Waals surface area contributed by atoms with Crippen LogP contribution >= 0.6 is 0 Å². The first-order valence-electron chi connectivity index (χ1n) is 6.61. The summed E-state index contributed by atoms with van der Waals surface area (Å²) in [5.41, 5.74) is 0. The Bertz CT molecular complexity index is 272. The van der Waals surface area contributed by atoms with Crippen molar-refractivity contribution in [2.45, 2.75) is 46.0 Å². The quantitative estimate of drug-likeness (QED) is 0.775. The summed E-state index contributed by atoms with van der Waals surface area (Å²) >= 11 is 0. The number of carbonyl (C=O) groups excluding carboxylic acids is 1. The van der Waals surface area contributed by atoms with E-state index in [1.807, 2.05) is 0 Å². The minimum absolute atomic E-state index is 0.0949. The number of hydrogen-bond acceptors (Lipinski definition) is 2. The molecule has 1 atom stereocenters. The summed E-state index contributed by atoms with van der Waals surface area (Å²) in [4.78, 5) is 24.8. The average Bonchev–Trinajstić information content (AvgIpc) is 2.77. The third-order valence-corrected chi connectivity index (χ3v) is 3.47. The molecule has 98 valence electrons. The smallest absolute Gasteiger partial charge is 0.308 e. The molecule has 1 aliphatic heterocycles. The van der Waals surface area contributed by atoms with Crippen molar-refractivity contribution in [3.05, 3.63) is 0 Å². The summed E-state index contributed by atoms with van der Waals surface area (Å²) in [6, 6.07) is 0. The van der Waals surface area contributed by atoms with Crippen molar-refractivity contribution in [2.24, 2.45) is 11.8 Å². The van der Waals surface area contributed by atoms with Crippen LogP contribution in [0, 0.1) is 11.8 Å². The monoisotopic (exact) mass is 241 g/mol. The molecule has 1 saturated heterocycles. The molecule has 0 bridgehead atoms. The van der Waals surface area contributed by atoms with E-state index in [0.29, 0.717) is 19.5 Å². The number of likely N-dealkylation sites (tertiary alicyclic amines) is 1. The fourth-order valence-corrected chi connectivity index (χ4v) is 2.51. The molecular formula is C13H23NO3. The maximum absolute atomic E-state index is 12.2. The summed E-state index contributed by atoms with van der Waals surface area (Å²) in [6.07, 6.45) is 4.45. The maximum atomic E-state index is 12.2. The van der Waals surface area contributed by atoms with Gasteiger partial charge in [-0.2, -0.15) is 0 Å². The second-order valence-corrected chi connectivity index (χ2v) is 4.88. The second kappa shape index (κ2) is 6.62. The Morgan fingerprint density at radius 2 is 1.88 bits per heavy atom. The third kappa shape index (κ3) is 3.72. The van der Waals surface area contributed by atoms with Crippen LogP contribution in [0.25, 0.3) is 0 Å². The van der Waals surface area contributed by atoms with Crippen molar-refractivity contribution in [1.29, 1.82) is 0 Å². The van der Waals surface area contributed by atoms with Crippen molar-refractivity contribution in [2.75, 3.05) is 13.1 Å². The van der Waals surface area contributed by atoms with Gasteiger partial charge in [-0.15, -0.1) is 0 Å². The van der Waals surface area contributed by atoms with Gasteiger partial charge in [0.25, 0.3) is 0 Å². The van der Waals surface area contributed by atoms with Crippen LogP contribution in [0.3, 0.4) is 0 Å². The topological polar surface area (TPSA) is 57.6 Å². The summed E-state index contributed by atoms with van der Waals surface area (Å²) in [6.45, 7) is 5.18. The number of hydrogen-bond donors (Lipinski definition) is 1. The molecule has 4 nitrogen and oxygen atoms in total. The SMILES string of the molecule is CCCC(CCC)C(=O)N1CCC(C(=O)O)C1. The first kappa shape index (κ1) is 14.0. The van der Waals surface area contributed by atoms with Gasteiger partial charge in [0.15, 0.2) is 0 Å². The minimum atomic E-state index is -0.775. The van der Waals surface area contributed by atoms with Gasteiger partial charge in [0.1, 0.15) is 0 Å². The van der Waals surface area contributed by atoms with Crippen LogP contribution in [0.1, 0.15) is 46.0 Å². The summed E-state index contributed by atoms with van der Waals surface area (Å²) in [7, 11) is 0. The first-order chi connectivity index (χ1) is 8.10. The van der Waals surface area contributed by atoms with Gasteiger partial charge in [-0.1, -0.05) is 26.7 Å². The van der Waals surface area contributed by atoms with E-state index >= 15 is 0 Å². The van der Waals surface area contributed by atoms with Crippen LogP contribution in [0.5, 0.6) is 0 Å². The van der Waals surface area contributed by atoms with E-state index in [2.05, 4.69) is 13.8 Å². The molecule has 0 aliphatic carbocycles. The normalized spacial score (nSPS) is 19.9. The molecule has 1 unspecified atom stereocenters. The number of aliphatic carboxylic acids is 1. The molecule has 1 amide bonds. The minimum Gasteiger partial charge on any atom is -0.481 e. The maximum Gasteiger partial charge on any atom is 0.308 e. The van der Waals surface area contributed by atoms with Crippen molar-refractivity contribution >= 4 is 11.9 Å². The van der Waals surface area contributed by atoms with Crippen LogP contribution in [0.4, 0.5) is 0 Å². The zero-order valence-electron chi connectivity index (χ0n) is 10.8. The molecule has 0 spiro atoms. The molecule has 1 N–H and O–H groups in total. The van der Waals surface area contributed by atoms with Crippen molar-refractivity contribution in [1.82, 2.24) is 4.90 Å². The second-order valence-electron chi connectivity index (χ2n) is 4.88. The summed E-state index contributed by atoms with van der Waals surface area (Å²) in [5, 5.41) is 8.92. The lowest BCUT2D eigenvalue weighted by atomic mass is 9.97. The Balaban J connectivity index is 2.54. The van der Waals surface area contributed by atoms with E-state index in [0.717, 1.165) is 25.7 Å². The van der Waals surface area contributed by atoms with Gasteiger partial charge in [-0.3, -0.25) is 9.59 Å². The van der Waals surface area contributed by atoms with E-state index in [-0.39, 0.29) is 17.7 Å². The lowest BCUT2D eigenvalue weighted by Gasteiger charge is -2.22. The number of rotatable bonds is 6. The van der Waals surface area contributed by atoms with Crippen LogP contribution in [-0.4, -0.2) is 35.0 Å². The molecule has 0 radical (unpaired) electrons. The van der Waals surface area contributed by atoms with E-state index in [1.54, 1.807) is 4.90 Å². The third-order valence-electron chi connectivity index (χ3n) is 3.47. The van der Waals surface area contributed by atoms with Gasteiger partial charge < -0.3 is 10.0 Å². The zero-order chi connectivity index (χ0) is 12.8. The molecule has 1 heterocycles. The molecule has 1 aliphatic rings. The van der Waals surface area contributed by atoms with Crippen LogP contribution in [-0.2, 0) is 9.59 Å². The molecule has 0 aromatic rings. The Kier molecular flexibility index (Phi) is 5.45.